The number of sulfonamides is 1. The van der Waals surface area contributed by atoms with E-state index in [0.717, 1.165) is 0 Å². The van der Waals surface area contributed by atoms with E-state index in [4.69, 9.17) is 22.5 Å². The summed E-state index contributed by atoms with van der Waals surface area (Å²) in [5, 5.41) is 3.72. The molecule has 0 spiro atoms. The van der Waals surface area contributed by atoms with Crippen molar-refractivity contribution in [2.45, 2.75) is 18.4 Å². The molecule has 2 rings (SSSR count). The summed E-state index contributed by atoms with van der Waals surface area (Å²) in [6, 6.07) is 7.95. The van der Waals surface area contributed by atoms with Gasteiger partial charge < -0.3 is 10.3 Å². The molecule has 0 fully saturated rings. The zero-order chi connectivity index (χ0) is 14.8. The van der Waals surface area contributed by atoms with Gasteiger partial charge in [-0.15, -0.1) is 0 Å². The summed E-state index contributed by atoms with van der Waals surface area (Å²) in [5.74, 6) is 0.614. The van der Waals surface area contributed by atoms with Crippen molar-refractivity contribution >= 4 is 27.2 Å². The number of nitrogens with two attached hydrogens (primary N) is 1. The van der Waals surface area contributed by atoms with Gasteiger partial charge in [0.1, 0.15) is 10.7 Å². The molecule has 1 aromatic carbocycles. The predicted octanol–water partition coefficient (Wildman–Crippen LogP) is 1.10. The summed E-state index contributed by atoms with van der Waals surface area (Å²) >= 11 is 4.86. The fraction of sp³-hybridized carbons (Fsp3) is 0.167. The number of rotatable bonds is 5. The van der Waals surface area contributed by atoms with Crippen molar-refractivity contribution in [2.75, 3.05) is 0 Å². The second kappa shape index (κ2) is 5.70. The van der Waals surface area contributed by atoms with Crippen molar-refractivity contribution in [3.63, 3.8) is 0 Å². The Morgan fingerprint density at radius 2 is 2.15 bits per heavy atom. The Bertz CT molecular complexity index is 738. The number of benzene rings is 1. The van der Waals surface area contributed by atoms with E-state index in [0.29, 0.717) is 17.0 Å². The fourth-order valence-electron chi connectivity index (χ4n) is 1.65. The second-order valence-corrected chi connectivity index (χ2v) is 6.29. The number of hydrogen-bond acceptors (Lipinski definition) is 5. The Morgan fingerprint density at radius 1 is 1.45 bits per heavy atom. The number of thiocarbonyl (C=S) groups is 1. The lowest BCUT2D eigenvalue weighted by molar-refractivity contribution is 0.390. The minimum absolute atomic E-state index is 0.0308. The highest BCUT2D eigenvalue weighted by Crippen LogP contribution is 2.15. The summed E-state index contributed by atoms with van der Waals surface area (Å²) in [4.78, 5) is 0.0796. The topological polar surface area (TPSA) is 98.2 Å². The summed E-state index contributed by atoms with van der Waals surface area (Å²) in [5.41, 5.74) is 6.34. The van der Waals surface area contributed by atoms with Crippen LogP contribution < -0.4 is 10.5 Å². The third-order valence-electron chi connectivity index (χ3n) is 2.56. The van der Waals surface area contributed by atoms with Gasteiger partial charge in [0.2, 0.25) is 10.0 Å². The van der Waals surface area contributed by atoms with Crippen LogP contribution in [0.5, 0.6) is 0 Å². The summed E-state index contributed by atoms with van der Waals surface area (Å²) < 4.78 is 31.8. The Labute approximate surface area is 122 Å². The lowest BCUT2D eigenvalue weighted by Crippen LogP contribution is -2.26. The minimum Gasteiger partial charge on any atom is -0.389 e. The largest absolute Gasteiger partial charge is 0.389 e. The molecule has 0 aliphatic rings. The molecule has 0 radical (unpaired) electrons. The highest BCUT2D eigenvalue weighted by atomic mass is 32.2. The van der Waals surface area contributed by atoms with Gasteiger partial charge in [-0.25, -0.2) is 13.1 Å². The van der Waals surface area contributed by atoms with Crippen molar-refractivity contribution in [3.05, 3.63) is 47.3 Å². The van der Waals surface area contributed by atoms with E-state index in [9.17, 15) is 8.42 Å². The molecule has 1 aromatic heterocycles. The Morgan fingerprint density at radius 3 is 2.75 bits per heavy atom. The first-order chi connectivity index (χ1) is 9.40. The Balaban J connectivity index is 2.25. The van der Waals surface area contributed by atoms with Crippen LogP contribution in [0.25, 0.3) is 0 Å². The Kier molecular flexibility index (Phi) is 4.17. The maximum atomic E-state index is 12.3. The molecule has 20 heavy (non-hydrogen) atoms. The quantitative estimate of drug-likeness (QED) is 0.802. The molecule has 2 aromatic rings. The molecule has 0 amide bonds. The first kappa shape index (κ1) is 14.6. The van der Waals surface area contributed by atoms with Gasteiger partial charge in [-0.3, -0.25) is 0 Å². The molecule has 8 heteroatoms. The molecule has 0 aliphatic carbocycles. The van der Waals surface area contributed by atoms with Gasteiger partial charge in [0.05, 0.1) is 17.1 Å². The predicted molar refractivity (Wildman–Crippen MR) is 77.6 cm³/mol. The van der Waals surface area contributed by atoms with Crippen LogP contribution in [0.4, 0.5) is 0 Å². The third kappa shape index (κ3) is 3.21. The average molecular weight is 311 g/mol. The number of aryl methyl sites for hydroxylation is 1. The van der Waals surface area contributed by atoms with Gasteiger partial charge in [-0.1, -0.05) is 35.6 Å². The molecule has 0 bridgehead atoms. The van der Waals surface area contributed by atoms with Crippen LogP contribution >= 0.6 is 12.2 Å². The summed E-state index contributed by atoms with van der Waals surface area (Å²) in [7, 11) is -3.72. The van der Waals surface area contributed by atoms with Gasteiger partial charge in [0.15, 0.2) is 0 Å². The maximum Gasteiger partial charge on any atom is 0.241 e. The van der Waals surface area contributed by atoms with Crippen molar-refractivity contribution in [1.82, 2.24) is 9.88 Å². The van der Waals surface area contributed by atoms with Crippen LogP contribution in [0.15, 0.2) is 39.8 Å². The van der Waals surface area contributed by atoms with E-state index < -0.39 is 10.0 Å². The number of aromatic nitrogens is 1. The number of hydrogen-bond donors (Lipinski definition) is 2. The highest BCUT2D eigenvalue weighted by Gasteiger charge is 2.19. The molecule has 0 aliphatic heterocycles. The molecule has 1 heterocycles. The van der Waals surface area contributed by atoms with E-state index in [1.54, 1.807) is 31.2 Å². The average Bonchev–Trinajstić information content (AvgIpc) is 2.82. The van der Waals surface area contributed by atoms with Gasteiger partial charge in [0.25, 0.3) is 0 Å². The third-order valence-corrected chi connectivity index (χ3v) is 4.24. The first-order valence-electron chi connectivity index (χ1n) is 5.71. The van der Waals surface area contributed by atoms with Crippen molar-refractivity contribution < 1.29 is 12.9 Å². The summed E-state index contributed by atoms with van der Waals surface area (Å²) in [6.07, 6.45) is 0. The first-order valence-corrected chi connectivity index (χ1v) is 7.60. The van der Waals surface area contributed by atoms with Gasteiger partial charge in [0, 0.05) is 11.6 Å². The number of nitrogens with one attached hydrogen (secondary N) is 1. The van der Waals surface area contributed by atoms with Crippen LogP contribution in [0.2, 0.25) is 0 Å². The zero-order valence-electron chi connectivity index (χ0n) is 10.7. The lowest BCUT2D eigenvalue weighted by atomic mass is 10.2. The van der Waals surface area contributed by atoms with E-state index in [2.05, 4.69) is 9.88 Å². The van der Waals surface area contributed by atoms with Crippen LogP contribution in [0.3, 0.4) is 0 Å². The second-order valence-electron chi connectivity index (χ2n) is 4.11. The normalized spacial score (nSPS) is 11.4. The van der Waals surface area contributed by atoms with E-state index >= 15 is 0 Å². The van der Waals surface area contributed by atoms with Crippen LogP contribution in [0.1, 0.15) is 17.0 Å². The van der Waals surface area contributed by atoms with Crippen molar-refractivity contribution in [3.8, 4) is 0 Å². The van der Waals surface area contributed by atoms with Crippen molar-refractivity contribution in [2.24, 2.45) is 5.73 Å². The standard InChI is InChI=1S/C12H13N3O3S2/c1-8-6-9(15-18-8)7-14-20(16,17)11-5-3-2-4-10(11)12(13)19/h2-6,14H,7H2,1H3,(H2,13,19). The van der Waals surface area contributed by atoms with Gasteiger partial charge >= 0.3 is 0 Å². The van der Waals surface area contributed by atoms with Crippen LogP contribution in [-0.2, 0) is 16.6 Å². The molecular formula is C12H13N3O3S2. The Hall–Kier alpha value is -1.77. The molecule has 3 N–H and O–H groups in total. The van der Waals surface area contributed by atoms with Crippen LogP contribution in [0, 0.1) is 6.92 Å². The van der Waals surface area contributed by atoms with Gasteiger partial charge in [-0.2, -0.15) is 0 Å². The molecule has 6 nitrogen and oxygen atoms in total. The maximum absolute atomic E-state index is 12.3. The van der Waals surface area contributed by atoms with Gasteiger partial charge in [-0.05, 0) is 13.0 Å². The molecule has 0 atom stereocenters. The zero-order valence-corrected chi connectivity index (χ0v) is 12.3. The molecule has 0 saturated heterocycles. The van der Waals surface area contributed by atoms with E-state index in [1.165, 1.54) is 6.07 Å². The highest BCUT2D eigenvalue weighted by molar-refractivity contribution is 7.89. The number of nitrogens with zero attached hydrogens (tertiary/aromatic N) is 1. The van der Waals surface area contributed by atoms with Crippen molar-refractivity contribution in [1.29, 1.82) is 0 Å². The fourth-order valence-corrected chi connectivity index (χ4v) is 3.11. The smallest absolute Gasteiger partial charge is 0.241 e. The molecular weight excluding hydrogens is 298 g/mol. The van der Waals surface area contributed by atoms with E-state index in [-0.39, 0.29) is 16.4 Å². The minimum atomic E-state index is -3.72. The van der Waals surface area contributed by atoms with E-state index in [1.807, 2.05) is 0 Å². The SMILES string of the molecule is Cc1cc(CNS(=O)(=O)c2ccccc2C(N)=S)no1. The molecule has 0 unspecified atom stereocenters. The molecule has 0 saturated carbocycles. The summed E-state index contributed by atoms with van der Waals surface area (Å²) in [6.45, 7) is 1.76. The monoisotopic (exact) mass is 311 g/mol. The molecule has 106 valence electrons. The van der Waals surface area contributed by atoms with Crippen LogP contribution in [-0.4, -0.2) is 18.6 Å². The lowest BCUT2D eigenvalue weighted by Gasteiger charge is -2.09.